The van der Waals surface area contributed by atoms with Gasteiger partial charge in [-0.25, -0.2) is 0 Å². The van der Waals surface area contributed by atoms with Crippen molar-refractivity contribution in [3.05, 3.63) is 46.0 Å². The van der Waals surface area contributed by atoms with Crippen LogP contribution < -0.4 is 5.73 Å². The molecule has 16 heavy (non-hydrogen) atoms. The number of aromatic hydroxyl groups is 1. The van der Waals surface area contributed by atoms with Crippen molar-refractivity contribution in [1.29, 1.82) is 0 Å². The molecule has 0 aliphatic heterocycles. The van der Waals surface area contributed by atoms with Gasteiger partial charge in [0.2, 0.25) is 0 Å². The second-order valence-corrected chi connectivity index (χ2v) is 3.77. The van der Waals surface area contributed by atoms with Crippen molar-refractivity contribution in [3.63, 3.8) is 0 Å². The Balaban J connectivity index is 3.06. The predicted octanol–water partition coefficient (Wildman–Crippen LogP) is 2.27. The SMILES string of the molecule is C=C(C)C[C@@H](N)c1cc([N+](=O)[O-])ccc1O. The number of phenolic OH excluding ortho intramolecular Hbond substituents is 1. The summed E-state index contributed by atoms with van der Waals surface area (Å²) in [5.41, 5.74) is 6.98. The maximum Gasteiger partial charge on any atom is 0.270 e. The molecule has 0 spiro atoms. The van der Waals surface area contributed by atoms with Crippen LogP contribution in [-0.4, -0.2) is 10.0 Å². The first-order chi connectivity index (χ1) is 7.41. The molecule has 0 saturated heterocycles. The summed E-state index contributed by atoms with van der Waals surface area (Å²) in [6, 6.07) is 3.35. The Morgan fingerprint density at radius 2 is 2.31 bits per heavy atom. The summed E-state index contributed by atoms with van der Waals surface area (Å²) >= 11 is 0. The van der Waals surface area contributed by atoms with E-state index in [9.17, 15) is 15.2 Å². The molecule has 1 aromatic rings. The average molecular weight is 222 g/mol. The molecule has 3 N–H and O–H groups in total. The van der Waals surface area contributed by atoms with E-state index < -0.39 is 11.0 Å². The number of benzene rings is 1. The van der Waals surface area contributed by atoms with E-state index in [1.54, 1.807) is 0 Å². The van der Waals surface area contributed by atoms with Gasteiger partial charge in [0, 0.05) is 23.7 Å². The van der Waals surface area contributed by atoms with Gasteiger partial charge >= 0.3 is 0 Å². The molecule has 0 bridgehead atoms. The van der Waals surface area contributed by atoms with Crippen LogP contribution in [0.1, 0.15) is 24.9 Å². The van der Waals surface area contributed by atoms with Gasteiger partial charge in [-0.2, -0.15) is 0 Å². The number of hydrogen-bond acceptors (Lipinski definition) is 4. The monoisotopic (exact) mass is 222 g/mol. The predicted molar refractivity (Wildman–Crippen MR) is 61.1 cm³/mol. The number of rotatable bonds is 4. The van der Waals surface area contributed by atoms with Crippen molar-refractivity contribution in [2.45, 2.75) is 19.4 Å². The highest BCUT2D eigenvalue weighted by molar-refractivity contribution is 5.44. The van der Waals surface area contributed by atoms with Crippen LogP contribution in [0.4, 0.5) is 5.69 Å². The van der Waals surface area contributed by atoms with Gasteiger partial charge in [0.15, 0.2) is 0 Å². The molecule has 0 saturated carbocycles. The van der Waals surface area contributed by atoms with Crippen molar-refractivity contribution in [1.82, 2.24) is 0 Å². The van der Waals surface area contributed by atoms with Crippen LogP contribution >= 0.6 is 0 Å². The third kappa shape index (κ3) is 2.80. The molecule has 5 nitrogen and oxygen atoms in total. The van der Waals surface area contributed by atoms with Crippen LogP contribution in [0.5, 0.6) is 5.75 Å². The van der Waals surface area contributed by atoms with Crippen molar-refractivity contribution < 1.29 is 10.0 Å². The lowest BCUT2D eigenvalue weighted by Crippen LogP contribution is -2.11. The van der Waals surface area contributed by atoms with Crippen molar-refractivity contribution in [3.8, 4) is 5.75 Å². The number of hydrogen-bond donors (Lipinski definition) is 2. The summed E-state index contributed by atoms with van der Waals surface area (Å²) in [7, 11) is 0. The van der Waals surface area contributed by atoms with Gasteiger partial charge < -0.3 is 10.8 Å². The second-order valence-electron chi connectivity index (χ2n) is 3.77. The fraction of sp³-hybridized carbons (Fsp3) is 0.273. The van der Waals surface area contributed by atoms with Gasteiger partial charge in [-0.3, -0.25) is 10.1 Å². The number of nitro groups is 1. The maximum atomic E-state index is 10.6. The molecule has 0 amide bonds. The van der Waals surface area contributed by atoms with E-state index in [1.807, 2.05) is 6.92 Å². The van der Waals surface area contributed by atoms with Crippen LogP contribution in [0.2, 0.25) is 0 Å². The lowest BCUT2D eigenvalue weighted by atomic mass is 10.00. The Labute approximate surface area is 93.4 Å². The standard InChI is InChI=1S/C11H14N2O3/c1-7(2)5-10(12)9-6-8(13(15)16)3-4-11(9)14/h3-4,6,10,14H,1,5,12H2,2H3/t10-/m1/s1. The van der Waals surface area contributed by atoms with E-state index in [1.165, 1.54) is 18.2 Å². The molecule has 0 heterocycles. The highest BCUT2D eigenvalue weighted by Gasteiger charge is 2.15. The minimum Gasteiger partial charge on any atom is -0.508 e. The smallest absolute Gasteiger partial charge is 0.270 e. The first kappa shape index (κ1) is 12.2. The van der Waals surface area contributed by atoms with E-state index in [-0.39, 0.29) is 11.4 Å². The summed E-state index contributed by atoms with van der Waals surface area (Å²) in [6.07, 6.45) is 0.481. The van der Waals surface area contributed by atoms with E-state index in [4.69, 9.17) is 5.73 Å². The molecular weight excluding hydrogens is 208 g/mol. The Kier molecular flexibility index (Phi) is 3.63. The number of non-ortho nitro benzene ring substituents is 1. The minimum absolute atomic E-state index is 0.0284. The third-order valence-corrected chi connectivity index (χ3v) is 2.19. The number of nitrogens with zero attached hydrogens (tertiary/aromatic N) is 1. The van der Waals surface area contributed by atoms with Gasteiger partial charge in [0.1, 0.15) is 5.75 Å². The first-order valence-electron chi connectivity index (χ1n) is 4.79. The van der Waals surface area contributed by atoms with E-state index in [0.29, 0.717) is 12.0 Å². The molecule has 0 aliphatic carbocycles. The summed E-state index contributed by atoms with van der Waals surface area (Å²) < 4.78 is 0. The molecule has 1 rings (SSSR count). The van der Waals surface area contributed by atoms with Crippen LogP contribution in [0.3, 0.4) is 0 Å². The molecule has 0 radical (unpaired) electrons. The number of nitrogens with two attached hydrogens (primary N) is 1. The Morgan fingerprint density at radius 1 is 1.69 bits per heavy atom. The molecule has 0 fully saturated rings. The largest absolute Gasteiger partial charge is 0.508 e. The molecule has 0 aliphatic rings. The Hall–Kier alpha value is -1.88. The van der Waals surface area contributed by atoms with Gasteiger partial charge in [0.25, 0.3) is 5.69 Å². The lowest BCUT2D eigenvalue weighted by Gasteiger charge is -2.13. The van der Waals surface area contributed by atoms with E-state index in [2.05, 4.69) is 6.58 Å². The van der Waals surface area contributed by atoms with Crippen molar-refractivity contribution >= 4 is 5.69 Å². The van der Waals surface area contributed by atoms with E-state index in [0.717, 1.165) is 5.57 Å². The molecular formula is C11H14N2O3. The molecule has 5 heteroatoms. The Morgan fingerprint density at radius 3 is 2.81 bits per heavy atom. The summed E-state index contributed by atoms with van der Waals surface area (Å²) in [5.74, 6) is -0.0284. The van der Waals surface area contributed by atoms with Gasteiger partial charge in [0.05, 0.1) is 4.92 Å². The average Bonchev–Trinajstić information content (AvgIpc) is 2.16. The molecule has 1 aromatic carbocycles. The molecule has 0 aromatic heterocycles. The van der Waals surface area contributed by atoms with Crippen LogP contribution in [0.15, 0.2) is 30.4 Å². The highest BCUT2D eigenvalue weighted by atomic mass is 16.6. The zero-order valence-electron chi connectivity index (χ0n) is 9.01. The van der Waals surface area contributed by atoms with Crippen molar-refractivity contribution in [2.24, 2.45) is 5.73 Å². The van der Waals surface area contributed by atoms with Gasteiger partial charge in [-0.15, -0.1) is 6.58 Å². The van der Waals surface area contributed by atoms with Gasteiger partial charge in [-0.05, 0) is 19.4 Å². The molecule has 0 unspecified atom stereocenters. The minimum atomic E-state index is -0.517. The first-order valence-corrected chi connectivity index (χ1v) is 4.79. The summed E-state index contributed by atoms with van der Waals surface area (Å²) in [6.45, 7) is 5.53. The van der Waals surface area contributed by atoms with Crippen LogP contribution in [0, 0.1) is 10.1 Å². The fourth-order valence-electron chi connectivity index (χ4n) is 1.44. The quantitative estimate of drug-likeness (QED) is 0.464. The summed E-state index contributed by atoms with van der Waals surface area (Å²) in [5, 5.41) is 20.1. The fourth-order valence-corrected chi connectivity index (χ4v) is 1.44. The van der Waals surface area contributed by atoms with Crippen molar-refractivity contribution in [2.75, 3.05) is 0 Å². The van der Waals surface area contributed by atoms with E-state index >= 15 is 0 Å². The zero-order chi connectivity index (χ0) is 12.3. The highest BCUT2D eigenvalue weighted by Crippen LogP contribution is 2.29. The van der Waals surface area contributed by atoms with Crippen LogP contribution in [-0.2, 0) is 0 Å². The molecule has 86 valence electrons. The second kappa shape index (κ2) is 4.76. The molecule has 1 atom stereocenters. The number of phenols is 1. The lowest BCUT2D eigenvalue weighted by molar-refractivity contribution is -0.385. The van der Waals surface area contributed by atoms with Crippen LogP contribution in [0.25, 0.3) is 0 Å². The zero-order valence-corrected chi connectivity index (χ0v) is 9.01. The summed E-state index contributed by atoms with van der Waals surface area (Å²) in [4.78, 5) is 10.1. The normalized spacial score (nSPS) is 12.1. The maximum absolute atomic E-state index is 10.6. The topological polar surface area (TPSA) is 89.4 Å². The van der Waals surface area contributed by atoms with Gasteiger partial charge in [-0.1, -0.05) is 5.57 Å². The third-order valence-electron chi connectivity index (χ3n) is 2.19. The Bertz CT molecular complexity index is 429. The number of nitro benzene ring substituents is 1.